The number of carbonyl (C=O) groups is 2. The maximum absolute atomic E-state index is 11.9. The molecule has 1 N–H and O–H groups in total. The van der Waals surface area contributed by atoms with Crippen LogP contribution in [0.2, 0.25) is 0 Å². The Bertz CT molecular complexity index is 739. The number of ether oxygens (including phenoxy) is 1. The number of nitro groups is 1. The lowest BCUT2D eigenvalue weighted by molar-refractivity contribution is -0.384. The number of benzene rings is 2. The van der Waals surface area contributed by atoms with E-state index in [4.69, 9.17) is 4.74 Å². The average Bonchev–Trinajstić information content (AvgIpc) is 2.55. The number of nitrogens with zero attached hydrogens (tertiary/aromatic N) is 1. The first-order chi connectivity index (χ1) is 11.5. The van der Waals surface area contributed by atoms with E-state index >= 15 is 0 Å². The second-order valence-electron chi connectivity index (χ2n) is 5.10. The van der Waals surface area contributed by atoms with E-state index in [0.717, 1.165) is 5.56 Å². The van der Waals surface area contributed by atoms with Crippen molar-refractivity contribution in [2.75, 3.05) is 6.54 Å². The van der Waals surface area contributed by atoms with Gasteiger partial charge >= 0.3 is 5.97 Å². The maximum Gasteiger partial charge on any atom is 0.312 e. The highest BCUT2D eigenvalue weighted by molar-refractivity contribution is 5.94. The van der Waals surface area contributed by atoms with Crippen LogP contribution in [-0.4, -0.2) is 23.3 Å². The largest absolute Gasteiger partial charge is 0.426 e. The first kappa shape index (κ1) is 17.1. The number of nitro benzene ring substituents is 1. The molecule has 0 saturated carbocycles. The summed E-state index contributed by atoms with van der Waals surface area (Å²) >= 11 is 0. The molecule has 0 aromatic heterocycles. The van der Waals surface area contributed by atoms with Gasteiger partial charge in [-0.3, -0.25) is 19.7 Å². The maximum atomic E-state index is 11.9. The summed E-state index contributed by atoms with van der Waals surface area (Å²) in [5.74, 6) is -0.582. The molecule has 0 saturated heterocycles. The van der Waals surface area contributed by atoms with E-state index < -0.39 is 10.9 Å². The monoisotopic (exact) mass is 328 g/mol. The third-order valence-corrected chi connectivity index (χ3v) is 3.21. The molecule has 0 fully saturated rings. The molecule has 0 aliphatic rings. The van der Waals surface area contributed by atoms with Crippen LogP contribution in [0.25, 0.3) is 0 Å². The van der Waals surface area contributed by atoms with Crippen molar-refractivity contribution in [3.8, 4) is 5.75 Å². The van der Waals surface area contributed by atoms with E-state index in [1.54, 1.807) is 12.1 Å². The molecule has 24 heavy (non-hydrogen) atoms. The number of carbonyl (C=O) groups excluding carboxylic acids is 2. The van der Waals surface area contributed by atoms with Gasteiger partial charge in [0.25, 0.3) is 11.6 Å². The van der Waals surface area contributed by atoms with Crippen molar-refractivity contribution in [1.29, 1.82) is 0 Å². The Balaban J connectivity index is 1.77. The molecule has 0 aliphatic carbocycles. The zero-order valence-corrected chi connectivity index (χ0v) is 13.0. The number of hydrogen-bond acceptors (Lipinski definition) is 5. The van der Waals surface area contributed by atoms with Crippen LogP contribution >= 0.6 is 0 Å². The van der Waals surface area contributed by atoms with E-state index in [0.29, 0.717) is 5.56 Å². The Morgan fingerprint density at radius 1 is 1.08 bits per heavy atom. The van der Waals surface area contributed by atoms with Gasteiger partial charge in [0.05, 0.1) is 11.3 Å². The van der Waals surface area contributed by atoms with E-state index in [-0.39, 0.29) is 30.3 Å². The molecular weight excluding hydrogens is 312 g/mol. The van der Waals surface area contributed by atoms with Crippen molar-refractivity contribution in [3.63, 3.8) is 0 Å². The van der Waals surface area contributed by atoms with Gasteiger partial charge in [-0.05, 0) is 31.2 Å². The molecule has 0 spiro atoms. The number of aryl methyl sites for hydroxylation is 1. The minimum Gasteiger partial charge on any atom is -0.426 e. The number of nitrogens with one attached hydrogen (secondary N) is 1. The van der Waals surface area contributed by atoms with Gasteiger partial charge in [-0.1, -0.05) is 17.7 Å². The standard InChI is InChI=1S/C17H16N2O5/c1-12-2-4-13(5-3-12)17(21)18-11-10-16(20)24-15-8-6-14(7-9-15)19(22)23/h2-9H,10-11H2,1H3,(H,18,21). The van der Waals surface area contributed by atoms with Gasteiger partial charge in [0.2, 0.25) is 0 Å². The molecule has 1 amide bonds. The topological polar surface area (TPSA) is 98.5 Å². The fraction of sp³-hybridized carbons (Fsp3) is 0.176. The third-order valence-electron chi connectivity index (χ3n) is 3.21. The Morgan fingerprint density at radius 3 is 2.29 bits per heavy atom. The molecule has 7 heteroatoms. The molecule has 0 unspecified atom stereocenters. The quantitative estimate of drug-likeness (QED) is 0.380. The van der Waals surface area contributed by atoms with Gasteiger partial charge in [-0.2, -0.15) is 0 Å². The van der Waals surface area contributed by atoms with Crippen molar-refractivity contribution in [2.24, 2.45) is 0 Å². The van der Waals surface area contributed by atoms with E-state index in [1.807, 2.05) is 19.1 Å². The first-order valence-corrected chi connectivity index (χ1v) is 7.26. The van der Waals surface area contributed by atoms with E-state index in [1.165, 1.54) is 24.3 Å². The Hall–Kier alpha value is -3.22. The lowest BCUT2D eigenvalue weighted by atomic mass is 10.1. The van der Waals surface area contributed by atoms with Crippen LogP contribution in [0.1, 0.15) is 22.3 Å². The summed E-state index contributed by atoms with van der Waals surface area (Å²) in [6, 6.07) is 12.3. The van der Waals surface area contributed by atoms with E-state index in [2.05, 4.69) is 5.32 Å². The molecule has 0 radical (unpaired) electrons. The SMILES string of the molecule is Cc1ccc(C(=O)NCCC(=O)Oc2ccc([N+](=O)[O-])cc2)cc1. The molecule has 2 rings (SSSR count). The predicted molar refractivity (Wildman–Crippen MR) is 86.9 cm³/mol. The minimum absolute atomic E-state index is 0.00537. The molecular formula is C17H16N2O5. The van der Waals surface area contributed by atoms with Crippen molar-refractivity contribution in [2.45, 2.75) is 13.3 Å². The Labute approximate surface area is 138 Å². The zero-order valence-electron chi connectivity index (χ0n) is 13.0. The summed E-state index contributed by atoms with van der Waals surface area (Å²) in [7, 11) is 0. The second kappa shape index (κ2) is 7.87. The minimum atomic E-state index is -0.536. The van der Waals surface area contributed by atoms with Gasteiger partial charge < -0.3 is 10.1 Å². The number of amides is 1. The van der Waals surface area contributed by atoms with Crippen molar-refractivity contribution in [3.05, 3.63) is 69.8 Å². The average molecular weight is 328 g/mol. The molecule has 0 bridgehead atoms. The van der Waals surface area contributed by atoms with Crippen LogP contribution in [0.3, 0.4) is 0 Å². The first-order valence-electron chi connectivity index (χ1n) is 7.26. The summed E-state index contributed by atoms with van der Waals surface area (Å²) in [6.45, 7) is 2.06. The zero-order chi connectivity index (χ0) is 17.5. The summed E-state index contributed by atoms with van der Waals surface area (Å²) in [5.41, 5.74) is 1.49. The second-order valence-corrected chi connectivity index (χ2v) is 5.10. The number of esters is 1. The number of rotatable bonds is 6. The summed E-state index contributed by atoms with van der Waals surface area (Å²) in [5, 5.41) is 13.2. The van der Waals surface area contributed by atoms with Gasteiger partial charge in [0, 0.05) is 24.2 Å². The molecule has 0 aliphatic heterocycles. The smallest absolute Gasteiger partial charge is 0.312 e. The van der Waals surface area contributed by atoms with Crippen molar-refractivity contribution >= 4 is 17.6 Å². The lowest BCUT2D eigenvalue weighted by Crippen LogP contribution is -2.27. The van der Waals surface area contributed by atoms with Crippen LogP contribution < -0.4 is 10.1 Å². The highest BCUT2D eigenvalue weighted by Gasteiger charge is 2.10. The fourth-order valence-electron chi connectivity index (χ4n) is 1.90. The highest BCUT2D eigenvalue weighted by atomic mass is 16.6. The fourth-order valence-corrected chi connectivity index (χ4v) is 1.90. The number of non-ortho nitro benzene ring substituents is 1. The molecule has 0 heterocycles. The van der Waals surface area contributed by atoms with Crippen LogP contribution in [-0.2, 0) is 4.79 Å². The van der Waals surface area contributed by atoms with Crippen molar-refractivity contribution in [1.82, 2.24) is 5.32 Å². The van der Waals surface area contributed by atoms with Gasteiger partial charge in [-0.25, -0.2) is 0 Å². The molecule has 124 valence electrons. The third kappa shape index (κ3) is 4.91. The van der Waals surface area contributed by atoms with Crippen LogP contribution in [0.5, 0.6) is 5.75 Å². The van der Waals surface area contributed by atoms with Crippen LogP contribution in [0.15, 0.2) is 48.5 Å². The van der Waals surface area contributed by atoms with Crippen LogP contribution in [0.4, 0.5) is 5.69 Å². The molecule has 2 aromatic carbocycles. The van der Waals surface area contributed by atoms with Gasteiger partial charge in [0.1, 0.15) is 5.75 Å². The van der Waals surface area contributed by atoms with Crippen LogP contribution in [0, 0.1) is 17.0 Å². The number of hydrogen-bond donors (Lipinski definition) is 1. The predicted octanol–water partition coefficient (Wildman–Crippen LogP) is 2.63. The van der Waals surface area contributed by atoms with E-state index in [9.17, 15) is 19.7 Å². The molecule has 0 atom stereocenters. The Kier molecular flexibility index (Phi) is 5.62. The lowest BCUT2D eigenvalue weighted by Gasteiger charge is -2.06. The summed E-state index contributed by atoms with van der Waals surface area (Å²) in [4.78, 5) is 33.6. The summed E-state index contributed by atoms with van der Waals surface area (Å²) < 4.78 is 5.04. The Morgan fingerprint density at radius 2 is 1.71 bits per heavy atom. The highest BCUT2D eigenvalue weighted by Crippen LogP contribution is 2.17. The summed E-state index contributed by atoms with van der Waals surface area (Å²) in [6.07, 6.45) is -0.00537. The molecule has 7 nitrogen and oxygen atoms in total. The normalized spacial score (nSPS) is 10.0. The van der Waals surface area contributed by atoms with Gasteiger partial charge in [-0.15, -0.1) is 0 Å². The van der Waals surface area contributed by atoms with Gasteiger partial charge in [0.15, 0.2) is 0 Å². The van der Waals surface area contributed by atoms with Crippen molar-refractivity contribution < 1.29 is 19.2 Å². The molecule has 2 aromatic rings.